The van der Waals surface area contributed by atoms with Gasteiger partial charge in [0, 0.05) is 16.9 Å². The number of fused-ring (bicyclic) bond motifs is 1. The van der Waals surface area contributed by atoms with Crippen LogP contribution in [0.1, 0.15) is 27.7 Å². The molecular weight excluding hydrogens is 398 g/mol. The van der Waals surface area contributed by atoms with Gasteiger partial charge in [0.2, 0.25) is 15.9 Å². The van der Waals surface area contributed by atoms with Gasteiger partial charge in [0.1, 0.15) is 6.04 Å². The van der Waals surface area contributed by atoms with E-state index in [1.54, 1.807) is 39.8 Å². The Kier molecular flexibility index (Phi) is 6.14. The molecule has 7 heteroatoms. The predicted octanol–water partition coefficient (Wildman–Crippen LogP) is 4.36. The van der Waals surface area contributed by atoms with Crippen LogP contribution in [0.3, 0.4) is 0 Å². The molecule has 30 heavy (non-hydrogen) atoms. The average Bonchev–Trinajstić information content (AvgIpc) is 2.66. The van der Waals surface area contributed by atoms with Crippen molar-refractivity contribution >= 4 is 38.1 Å². The molecule has 6 nitrogen and oxygen atoms in total. The quantitative estimate of drug-likeness (QED) is 0.548. The van der Waals surface area contributed by atoms with Gasteiger partial charge in [0.05, 0.1) is 4.90 Å². The molecule has 1 amide bonds. The van der Waals surface area contributed by atoms with E-state index in [4.69, 9.17) is 0 Å². The van der Waals surface area contributed by atoms with Crippen LogP contribution in [0.25, 0.3) is 10.8 Å². The molecule has 3 aromatic rings. The fourth-order valence-electron chi connectivity index (χ4n) is 3.05. The topological polar surface area (TPSA) is 87.3 Å². The predicted molar refractivity (Wildman–Crippen MR) is 122 cm³/mol. The zero-order chi connectivity index (χ0) is 21.9. The molecule has 0 aliphatic heterocycles. The van der Waals surface area contributed by atoms with Crippen molar-refractivity contribution < 1.29 is 13.2 Å². The number of carbonyl (C=O) groups is 1. The number of hydrogen-bond donors (Lipinski definition) is 3. The van der Waals surface area contributed by atoms with Crippen LogP contribution in [-0.2, 0) is 14.8 Å². The van der Waals surface area contributed by atoms with Gasteiger partial charge in [-0.25, -0.2) is 13.1 Å². The molecule has 0 saturated carbocycles. The minimum atomic E-state index is -3.66. The first-order valence-corrected chi connectivity index (χ1v) is 11.2. The van der Waals surface area contributed by atoms with Crippen molar-refractivity contribution in [3.05, 3.63) is 66.7 Å². The Bertz CT molecular complexity index is 1170. The number of carbonyl (C=O) groups excluding carboxylic acids is 1. The van der Waals surface area contributed by atoms with Crippen LogP contribution in [0.4, 0.5) is 11.4 Å². The van der Waals surface area contributed by atoms with Crippen molar-refractivity contribution in [1.82, 2.24) is 4.72 Å². The first-order valence-electron chi connectivity index (χ1n) is 9.74. The molecule has 3 rings (SSSR count). The third-order valence-corrected chi connectivity index (χ3v) is 6.13. The number of rotatable bonds is 6. The number of hydrogen-bond acceptors (Lipinski definition) is 4. The highest BCUT2D eigenvalue weighted by Gasteiger charge is 2.22. The van der Waals surface area contributed by atoms with E-state index in [-0.39, 0.29) is 10.8 Å². The minimum Gasteiger partial charge on any atom is -0.374 e. The van der Waals surface area contributed by atoms with Crippen molar-refractivity contribution in [2.75, 3.05) is 10.6 Å². The summed E-state index contributed by atoms with van der Waals surface area (Å²) in [6.45, 7) is 7.08. The molecule has 0 bridgehead atoms. The zero-order valence-electron chi connectivity index (χ0n) is 17.6. The van der Waals surface area contributed by atoms with E-state index in [9.17, 15) is 13.2 Å². The molecule has 0 aromatic heterocycles. The second-order valence-electron chi connectivity index (χ2n) is 8.30. The van der Waals surface area contributed by atoms with Gasteiger partial charge in [-0.2, -0.15) is 0 Å². The van der Waals surface area contributed by atoms with E-state index < -0.39 is 21.6 Å². The second-order valence-corrected chi connectivity index (χ2v) is 9.98. The van der Waals surface area contributed by atoms with Crippen molar-refractivity contribution in [3.8, 4) is 0 Å². The van der Waals surface area contributed by atoms with Gasteiger partial charge in [0.15, 0.2) is 0 Å². The molecule has 0 fully saturated rings. The highest BCUT2D eigenvalue weighted by molar-refractivity contribution is 7.89. The maximum absolute atomic E-state index is 12.6. The Hall–Kier alpha value is -2.90. The van der Waals surface area contributed by atoms with E-state index >= 15 is 0 Å². The van der Waals surface area contributed by atoms with Crippen molar-refractivity contribution in [1.29, 1.82) is 0 Å². The van der Waals surface area contributed by atoms with Crippen LogP contribution in [0, 0.1) is 0 Å². The van der Waals surface area contributed by atoms with Crippen LogP contribution < -0.4 is 15.4 Å². The van der Waals surface area contributed by atoms with E-state index in [0.29, 0.717) is 11.4 Å². The molecular formula is C23H27N3O3S. The van der Waals surface area contributed by atoms with Gasteiger partial charge < -0.3 is 10.6 Å². The maximum atomic E-state index is 12.6. The van der Waals surface area contributed by atoms with Crippen LogP contribution in [0.2, 0.25) is 0 Å². The summed E-state index contributed by atoms with van der Waals surface area (Å²) in [5, 5.41) is 8.11. The Morgan fingerprint density at radius 2 is 1.57 bits per heavy atom. The Morgan fingerprint density at radius 3 is 2.27 bits per heavy atom. The Morgan fingerprint density at radius 1 is 0.867 bits per heavy atom. The minimum absolute atomic E-state index is 0.143. The SMILES string of the molecule is C[C@H](Nc1cccc(S(=O)(=O)NC(C)(C)C)c1)C(=O)Nc1ccc2ccccc2c1. The third-order valence-electron chi connectivity index (χ3n) is 4.38. The van der Waals surface area contributed by atoms with Crippen LogP contribution in [0.5, 0.6) is 0 Å². The second kappa shape index (κ2) is 8.45. The molecule has 3 aromatic carbocycles. The average molecular weight is 426 g/mol. The number of benzene rings is 3. The lowest BCUT2D eigenvalue weighted by atomic mass is 10.1. The van der Waals surface area contributed by atoms with Crippen molar-refractivity contribution in [2.24, 2.45) is 0 Å². The van der Waals surface area contributed by atoms with E-state index in [0.717, 1.165) is 10.8 Å². The highest BCUT2D eigenvalue weighted by atomic mass is 32.2. The van der Waals surface area contributed by atoms with Gasteiger partial charge in [-0.1, -0.05) is 36.4 Å². The maximum Gasteiger partial charge on any atom is 0.246 e. The van der Waals surface area contributed by atoms with Gasteiger partial charge in [-0.3, -0.25) is 4.79 Å². The third kappa shape index (κ3) is 5.58. The summed E-state index contributed by atoms with van der Waals surface area (Å²) in [5.41, 5.74) is 0.668. The first-order chi connectivity index (χ1) is 14.0. The van der Waals surface area contributed by atoms with Gasteiger partial charge in [-0.15, -0.1) is 0 Å². The molecule has 0 aliphatic rings. The molecule has 0 unspecified atom stereocenters. The summed E-state index contributed by atoms with van der Waals surface area (Å²) in [5.74, 6) is -0.216. The van der Waals surface area contributed by atoms with Crippen LogP contribution in [0.15, 0.2) is 71.6 Å². The summed E-state index contributed by atoms with van der Waals surface area (Å²) in [6, 6.07) is 19.5. The van der Waals surface area contributed by atoms with Crippen molar-refractivity contribution in [3.63, 3.8) is 0 Å². The van der Waals surface area contributed by atoms with E-state index in [1.165, 1.54) is 12.1 Å². The molecule has 3 N–H and O–H groups in total. The highest BCUT2D eigenvalue weighted by Crippen LogP contribution is 2.20. The van der Waals surface area contributed by atoms with Crippen LogP contribution >= 0.6 is 0 Å². The lowest BCUT2D eigenvalue weighted by Gasteiger charge is -2.21. The fraction of sp³-hybridized carbons (Fsp3) is 0.261. The summed E-state index contributed by atoms with van der Waals surface area (Å²) < 4.78 is 27.7. The summed E-state index contributed by atoms with van der Waals surface area (Å²) in [7, 11) is -3.66. The van der Waals surface area contributed by atoms with Gasteiger partial charge >= 0.3 is 0 Å². The van der Waals surface area contributed by atoms with Gasteiger partial charge in [0.25, 0.3) is 0 Å². The largest absolute Gasteiger partial charge is 0.374 e. The lowest BCUT2D eigenvalue weighted by Crippen LogP contribution is -2.40. The molecule has 0 heterocycles. The zero-order valence-corrected chi connectivity index (χ0v) is 18.4. The monoisotopic (exact) mass is 425 g/mol. The molecule has 0 aliphatic carbocycles. The van der Waals surface area contributed by atoms with E-state index in [1.807, 2.05) is 42.5 Å². The van der Waals surface area contributed by atoms with E-state index in [2.05, 4.69) is 15.4 Å². The number of amides is 1. The number of anilines is 2. The Balaban J connectivity index is 1.70. The molecule has 0 radical (unpaired) electrons. The summed E-state index contributed by atoms with van der Waals surface area (Å²) >= 11 is 0. The first kappa shape index (κ1) is 21.8. The van der Waals surface area contributed by atoms with Gasteiger partial charge in [-0.05, 0) is 68.8 Å². The van der Waals surface area contributed by atoms with Crippen LogP contribution in [-0.4, -0.2) is 25.9 Å². The standard InChI is InChI=1S/C23H27N3O3S/c1-16(22(27)25-20-13-12-17-8-5-6-9-18(17)14-20)24-19-10-7-11-21(15-19)30(28,29)26-23(2,3)4/h5-16,24,26H,1-4H3,(H,25,27)/t16-/m0/s1. The summed E-state index contributed by atoms with van der Waals surface area (Å²) in [6.07, 6.45) is 0. The summed E-state index contributed by atoms with van der Waals surface area (Å²) in [4.78, 5) is 12.8. The fourth-order valence-corrected chi connectivity index (χ4v) is 4.51. The number of sulfonamides is 1. The molecule has 0 saturated heterocycles. The molecule has 1 atom stereocenters. The number of nitrogens with one attached hydrogen (secondary N) is 3. The molecule has 158 valence electrons. The normalized spacial score (nSPS) is 13.1. The molecule has 0 spiro atoms. The Labute approximate surface area is 177 Å². The lowest BCUT2D eigenvalue weighted by molar-refractivity contribution is -0.116. The smallest absolute Gasteiger partial charge is 0.246 e. The van der Waals surface area contributed by atoms with Crippen molar-refractivity contribution in [2.45, 2.75) is 44.2 Å².